The number of ether oxygens (including phenoxy) is 2. The van der Waals surface area contributed by atoms with E-state index in [2.05, 4.69) is 5.32 Å². The monoisotopic (exact) mass is 261 g/mol. The molecule has 102 valence electrons. The smallest absolute Gasteiger partial charge is 0.261 e. The van der Waals surface area contributed by atoms with Gasteiger partial charge >= 0.3 is 0 Å². The third kappa shape index (κ3) is 5.29. The highest BCUT2D eigenvalue weighted by atomic mass is 19.3. The van der Waals surface area contributed by atoms with Crippen molar-refractivity contribution in [1.82, 2.24) is 5.32 Å². The molecule has 0 aliphatic carbocycles. The fourth-order valence-corrected chi connectivity index (χ4v) is 1.40. The maximum Gasteiger partial charge on any atom is 0.261 e. The molecule has 18 heavy (non-hydrogen) atoms. The fraction of sp³-hybridized carbons (Fsp3) is 0.500. The number of rotatable bonds is 8. The summed E-state index contributed by atoms with van der Waals surface area (Å²) in [6.45, 7) is 0.687. The van der Waals surface area contributed by atoms with Crippen molar-refractivity contribution in [2.24, 2.45) is 0 Å². The van der Waals surface area contributed by atoms with Crippen LogP contribution >= 0.6 is 0 Å². The van der Waals surface area contributed by atoms with Gasteiger partial charge in [-0.3, -0.25) is 0 Å². The molecule has 0 saturated carbocycles. The summed E-state index contributed by atoms with van der Waals surface area (Å²) in [5, 5.41) is 12.6. The van der Waals surface area contributed by atoms with Gasteiger partial charge in [-0.25, -0.2) is 8.78 Å². The van der Waals surface area contributed by atoms with Crippen LogP contribution < -0.4 is 10.1 Å². The molecule has 0 bridgehead atoms. The summed E-state index contributed by atoms with van der Waals surface area (Å²) in [4.78, 5) is 0. The van der Waals surface area contributed by atoms with E-state index >= 15 is 0 Å². The van der Waals surface area contributed by atoms with Gasteiger partial charge in [0.2, 0.25) is 0 Å². The van der Waals surface area contributed by atoms with Gasteiger partial charge in [0.25, 0.3) is 6.43 Å². The Morgan fingerprint density at radius 3 is 2.78 bits per heavy atom. The largest absolute Gasteiger partial charge is 0.504 e. The average molecular weight is 261 g/mol. The predicted octanol–water partition coefficient (Wildman–Crippen LogP) is 1.77. The van der Waals surface area contributed by atoms with Crippen molar-refractivity contribution in [1.29, 1.82) is 0 Å². The molecule has 0 heterocycles. The molecule has 1 rings (SSSR count). The molecule has 0 spiro atoms. The van der Waals surface area contributed by atoms with E-state index in [1.807, 2.05) is 6.07 Å². The molecule has 0 aliphatic heterocycles. The molecule has 6 heteroatoms. The first-order chi connectivity index (χ1) is 8.63. The number of halogens is 2. The van der Waals surface area contributed by atoms with Gasteiger partial charge in [0.15, 0.2) is 11.5 Å². The van der Waals surface area contributed by atoms with Crippen molar-refractivity contribution in [3.05, 3.63) is 23.8 Å². The van der Waals surface area contributed by atoms with Crippen molar-refractivity contribution in [2.75, 3.05) is 26.9 Å². The first kappa shape index (κ1) is 14.7. The van der Waals surface area contributed by atoms with Crippen LogP contribution in [-0.2, 0) is 11.3 Å². The highest BCUT2D eigenvalue weighted by Gasteiger charge is 2.03. The minimum Gasteiger partial charge on any atom is -0.504 e. The molecule has 0 unspecified atom stereocenters. The van der Waals surface area contributed by atoms with E-state index < -0.39 is 13.0 Å². The van der Waals surface area contributed by atoms with Crippen molar-refractivity contribution < 1.29 is 23.4 Å². The maximum absolute atomic E-state index is 11.7. The summed E-state index contributed by atoms with van der Waals surface area (Å²) in [6, 6.07) is 5.07. The van der Waals surface area contributed by atoms with Gasteiger partial charge < -0.3 is 19.9 Å². The van der Waals surface area contributed by atoms with E-state index in [1.54, 1.807) is 12.1 Å². The highest BCUT2D eigenvalue weighted by Crippen LogP contribution is 2.25. The second-order valence-corrected chi connectivity index (χ2v) is 3.65. The summed E-state index contributed by atoms with van der Waals surface area (Å²) in [7, 11) is 1.48. The third-order valence-electron chi connectivity index (χ3n) is 2.24. The van der Waals surface area contributed by atoms with Crippen molar-refractivity contribution in [3.8, 4) is 11.5 Å². The van der Waals surface area contributed by atoms with E-state index in [1.165, 1.54) is 7.11 Å². The first-order valence-corrected chi connectivity index (χ1v) is 5.56. The summed E-state index contributed by atoms with van der Waals surface area (Å²) >= 11 is 0. The molecule has 2 N–H and O–H groups in total. The van der Waals surface area contributed by atoms with Crippen molar-refractivity contribution in [2.45, 2.75) is 13.0 Å². The summed E-state index contributed by atoms with van der Waals surface area (Å²) in [6.07, 6.45) is -2.43. The van der Waals surface area contributed by atoms with Crippen LogP contribution in [0.15, 0.2) is 18.2 Å². The number of hydrogen-bond donors (Lipinski definition) is 2. The molecule has 0 radical (unpaired) electrons. The van der Waals surface area contributed by atoms with Crippen LogP contribution in [0.25, 0.3) is 0 Å². The molecule has 4 nitrogen and oxygen atoms in total. The zero-order chi connectivity index (χ0) is 13.4. The molecule has 0 saturated heterocycles. The van der Waals surface area contributed by atoms with E-state index in [9.17, 15) is 13.9 Å². The second-order valence-electron chi connectivity index (χ2n) is 3.65. The van der Waals surface area contributed by atoms with Gasteiger partial charge in [0.05, 0.1) is 13.7 Å². The van der Waals surface area contributed by atoms with Gasteiger partial charge in [0, 0.05) is 13.1 Å². The molecular weight excluding hydrogens is 244 g/mol. The van der Waals surface area contributed by atoms with E-state index in [0.717, 1.165) is 5.56 Å². The quantitative estimate of drug-likeness (QED) is 0.700. The van der Waals surface area contributed by atoms with Crippen LogP contribution in [0, 0.1) is 0 Å². The van der Waals surface area contributed by atoms with Gasteiger partial charge in [-0.15, -0.1) is 0 Å². The molecule has 1 aromatic rings. The lowest BCUT2D eigenvalue weighted by Crippen LogP contribution is -2.20. The van der Waals surface area contributed by atoms with E-state index in [-0.39, 0.29) is 12.4 Å². The Hall–Kier alpha value is -1.40. The van der Waals surface area contributed by atoms with Crippen LogP contribution in [0.4, 0.5) is 8.78 Å². The molecule has 1 aromatic carbocycles. The Balaban J connectivity index is 2.21. The lowest BCUT2D eigenvalue weighted by atomic mass is 10.2. The van der Waals surface area contributed by atoms with Crippen molar-refractivity contribution in [3.63, 3.8) is 0 Å². The Morgan fingerprint density at radius 2 is 2.17 bits per heavy atom. The second kappa shape index (κ2) is 7.84. The lowest BCUT2D eigenvalue weighted by molar-refractivity contribution is 0.0187. The zero-order valence-electron chi connectivity index (χ0n) is 10.2. The number of nitrogens with one attached hydrogen (secondary N) is 1. The predicted molar refractivity (Wildman–Crippen MR) is 63.2 cm³/mol. The van der Waals surface area contributed by atoms with Crippen molar-refractivity contribution >= 4 is 0 Å². The number of hydrogen-bond acceptors (Lipinski definition) is 4. The number of alkyl halides is 2. The third-order valence-corrected chi connectivity index (χ3v) is 2.24. The van der Waals surface area contributed by atoms with Crippen LogP contribution in [0.5, 0.6) is 11.5 Å². The van der Waals surface area contributed by atoms with Crippen LogP contribution in [0.1, 0.15) is 5.56 Å². The summed E-state index contributed by atoms with van der Waals surface area (Å²) in [5.41, 5.74) is 0.877. The molecule has 0 fully saturated rings. The maximum atomic E-state index is 11.7. The average Bonchev–Trinajstić information content (AvgIpc) is 2.33. The molecular formula is C12H17F2NO3. The minimum absolute atomic E-state index is 0.0748. The Morgan fingerprint density at radius 1 is 1.39 bits per heavy atom. The molecule has 0 atom stereocenters. The standard InChI is InChI=1S/C12H17F2NO3/c1-17-11-3-2-9(6-10(11)16)7-15-4-5-18-8-12(13)14/h2-3,6,12,15-16H,4-5,7-8H2,1H3. The Labute approximate surface area is 105 Å². The van der Waals surface area contributed by atoms with E-state index in [4.69, 9.17) is 9.47 Å². The molecule has 0 aliphatic rings. The number of methoxy groups -OCH3 is 1. The molecule has 0 amide bonds. The number of aromatic hydroxyl groups is 1. The highest BCUT2D eigenvalue weighted by molar-refractivity contribution is 5.41. The summed E-state index contributed by atoms with van der Waals surface area (Å²) < 4.78 is 33.1. The topological polar surface area (TPSA) is 50.7 Å². The van der Waals surface area contributed by atoms with Crippen LogP contribution in [0.3, 0.4) is 0 Å². The minimum atomic E-state index is -2.43. The normalized spacial score (nSPS) is 10.9. The van der Waals surface area contributed by atoms with Gasteiger partial charge in [-0.2, -0.15) is 0 Å². The molecule has 0 aromatic heterocycles. The SMILES string of the molecule is COc1ccc(CNCCOCC(F)F)cc1O. The van der Waals surface area contributed by atoms with Crippen LogP contribution in [-0.4, -0.2) is 38.4 Å². The number of phenolic OH excluding ortho intramolecular Hbond substituents is 1. The number of benzene rings is 1. The fourth-order valence-electron chi connectivity index (χ4n) is 1.40. The van der Waals surface area contributed by atoms with E-state index in [0.29, 0.717) is 18.8 Å². The first-order valence-electron chi connectivity index (χ1n) is 5.56. The van der Waals surface area contributed by atoms with Gasteiger partial charge in [-0.1, -0.05) is 6.07 Å². The Kier molecular flexibility index (Phi) is 6.38. The Bertz CT molecular complexity index is 361. The van der Waals surface area contributed by atoms with Gasteiger partial charge in [-0.05, 0) is 17.7 Å². The lowest BCUT2D eigenvalue weighted by Gasteiger charge is -2.08. The summed E-state index contributed by atoms with van der Waals surface area (Å²) in [5.74, 6) is 0.491. The number of phenols is 1. The van der Waals surface area contributed by atoms with Gasteiger partial charge in [0.1, 0.15) is 6.61 Å². The zero-order valence-corrected chi connectivity index (χ0v) is 10.2. The van der Waals surface area contributed by atoms with Crippen LogP contribution in [0.2, 0.25) is 0 Å².